The molecule has 74 valence electrons. The minimum atomic E-state index is 0.404. The lowest BCUT2D eigenvalue weighted by molar-refractivity contribution is 0.833. The van der Waals surface area contributed by atoms with Crippen LogP contribution in [0.5, 0.6) is 0 Å². The van der Waals surface area contributed by atoms with Gasteiger partial charge in [-0.05, 0) is 28.5 Å². The summed E-state index contributed by atoms with van der Waals surface area (Å²) in [6, 6.07) is 0. The number of imidazole rings is 1. The number of hydrogen-bond donors (Lipinski definition) is 0. The van der Waals surface area contributed by atoms with Crippen molar-refractivity contribution < 1.29 is 0 Å². The van der Waals surface area contributed by atoms with Crippen molar-refractivity contribution in [2.75, 3.05) is 0 Å². The number of aromatic nitrogens is 3. The fraction of sp³-hybridized carbons (Fsp3) is 0.333. The Morgan fingerprint density at radius 1 is 1.50 bits per heavy atom. The van der Waals surface area contributed by atoms with Gasteiger partial charge in [-0.25, -0.2) is 9.97 Å². The molecule has 0 bridgehead atoms. The maximum Gasteiger partial charge on any atom is 0.175 e. The third kappa shape index (κ3) is 1.61. The lowest BCUT2D eigenvalue weighted by atomic mass is 10.2. The number of nitrogens with zero attached hydrogens (tertiary/aromatic N) is 3. The Morgan fingerprint density at radius 3 is 2.79 bits per heavy atom. The molecular weight excluding hydrogens is 312 g/mol. The SMILES string of the molecule is CC(C)c1cn2c(I)cnc(Cl)c2n1. The van der Waals surface area contributed by atoms with E-state index in [9.17, 15) is 0 Å². The molecule has 14 heavy (non-hydrogen) atoms. The second-order valence-corrected chi connectivity index (χ2v) is 4.85. The normalized spacial score (nSPS) is 11.5. The van der Waals surface area contributed by atoms with Crippen LogP contribution in [0.3, 0.4) is 0 Å². The van der Waals surface area contributed by atoms with Crippen molar-refractivity contribution in [3.63, 3.8) is 0 Å². The highest BCUT2D eigenvalue weighted by Gasteiger charge is 2.10. The molecule has 0 fully saturated rings. The van der Waals surface area contributed by atoms with Gasteiger partial charge < -0.3 is 0 Å². The molecule has 0 saturated heterocycles. The van der Waals surface area contributed by atoms with E-state index in [2.05, 4.69) is 46.4 Å². The Bertz CT molecular complexity index is 439. The van der Waals surface area contributed by atoms with E-state index >= 15 is 0 Å². The highest BCUT2D eigenvalue weighted by Crippen LogP contribution is 2.20. The van der Waals surface area contributed by atoms with Crippen LogP contribution in [0.4, 0.5) is 0 Å². The van der Waals surface area contributed by atoms with Gasteiger partial charge in [0.05, 0.1) is 11.9 Å². The van der Waals surface area contributed by atoms with E-state index < -0.39 is 0 Å². The van der Waals surface area contributed by atoms with Crippen LogP contribution >= 0.6 is 34.2 Å². The molecule has 2 aromatic heterocycles. The van der Waals surface area contributed by atoms with Crippen molar-refractivity contribution in [2.45, 2.75) is 19.8 Å². The first-order chi connectivity index (χ1) is 6.59. The highest BCUT2D eigenvalue weighted by atomic mass is 127. The van der Waals surface area contributed by atoms with Gasteiger partial charge in [0.25, 0.3) is 0 Å². The smallest absolute Gasteiger partial charge is 0.175 e. The molecule has 0 N–H and O–H groups in total. The van der Waals surface area contributed by atoms with Crippen LogP contribution < -0.4 is 0 Å². The zero-order valence-electron chi connectivity index (χ0n) is 7.83. The van der Waals surface area contributed by atoms with E-state index in [1.165, 1.54) is 0 Å². The second-order valence-electron chi connectivity index (χ2n) is 3.39. The summed E-state index contributed by atoms with van der Waals surface area (Å²) in [4.78, 5) is 8.49. The van der Waals surface area contributed by atoms with Gasteiger partial charge in [-0.15, -0.1) is 0 Å². The average Bonchev–Trinajstić information content (AvgIpc) is 2.57. The van der Waals surface area contributed by atoms with Crippen molar-refractivity contribution in [3.05, 3.63) is 26.9 Å². The molecule has 2 heterocycles. The van der Waals surface area contributed by atoms with Crippen molar-refractivity contribution in [2.24, 2.45) is 0 Å². The summed E-state index contributed by atoms with van der Waals surface area (Å²) in [5.74, 6) is 0.404. The van der Waals surface area contributed by atoms with Crippen molar-refractivity contribution in [1.82, 2.24) is 14.4 Å². The van der Waals surface area contributed by atoms with Crippen molar-refractivity contribution >= 4 is 39.8 Å². The summed E-state index contributed by atoms with van der Waals surface area (Å²) in [6.45, 7) is 4.21. The number of hydrogen-bond acceptors (Lipinski definition) is 2. The summed E-state index contributed by atoms with van der Waals surface area (Å²) in [6.07, 6.45) is 3.75. The first-order valence-corrected chi connectivity index (χ1v) is 5.74. The molecule has 0 aliphatic heterocycles. The molecule has 0 saturated carbocycles. The molecule has 3 nitrogen and oxygen atoms in total. The van der Waals surface area contributed by atoms with Gasteiger partial charge in [0.2, 0.25) is 0 Å². The third-order valence-electron chi connectivity index (χ3n) is 2.02. The molecule has 0 aliphatic rings. The number of fused-ring (bicyclic) bond motifs is 1. The van der Waals surface area contributed by atoms with Gasteiger partial charge >= 0.3 is 0 Å². The van der Waals surface area contributed by atoms with E-state index in [1.54, 1.807) is 6.20 Å². The molecule has 0 aromatic carbocycles. The Kier molecular flexibility index (Phi) is 2.66. The quantitative estimate of drug-likeness (QED) is 0.756. The zero-order chi connectivity index (χ0) is 10.3. The molecule has 0 spiro atoms. The van der Waals surface area contributed by atoms with E-state index in [1.807, 2.05) is 10.6 Å². The topological polar surface area (TPSA) is 30.2 Å². The molecule has 0 atom stereocenters. The Balaban J connectivity index is 2.75. The number of halogens is 2. The first kappa shape index (κ1) is 10.2. The summed E-state index contributed by atoms with van der Waals surface area (Å²) in [5.41, 5.74) is 1.78. The van der Waals surface area contributed by atoms with Gasteiger partial charge in [-0.2, -0.15) is 0 Å². The van der Waals surface area contributed by atoms with Crippen LogP contribution in [0.15, 0.2) is 12.4 Å². The van der Waals surface area contributed by atoms with Gasteiger partial charge in [0, 0.05) is 6.20 Å². The van der Waals surface area contributed by atoms with Crippen LogP contribution in [0.1, 0.15) is 25.5 Å². The third-order valence-corrected chi connectivity index (χ3v) is 3.08. The first-order valence-electron chi connectivity index (χ1n) is 4.28. The van der Waals surface area contributed by atoms with Gasteiger partial charge in [-0.1, -0.05) is 25.4 Å². The largest absolute Gasteiger partial charge is 0.290 e. The molecule has 2 aromatic rings. The lowest BCUT2D eigenvalue weighted by Gasteiger charge is -1.96. The predicted molar refractivity (Wildman–Crippen MR) is 64.8 cm³/mol. The standard InChI is InChI=1S/C9H9ClIN3/c1-5(2)6-4-14-7(11)3-12-8(10)9(14)13-6/h3-5H,1-2H3. The molecular formula is C9H9ClIN3. The number of rotatable bonds is 1. The Labute approximate surface area is 101 Å². The minimum Gasteiger partial charge on any atom is -0.290 e. The fourth-order valence-electron chi connectivity index (χ4n) is 1.21. The maximum atomic E-state index is 5.95. The Morgan fingerprint density at radius 2 is 2.21 bits per heavy atom. The Hall–Kier alpha value is -0.360. The van der Waals surface area contributed by atoms with Gasteiger partial charge in [-0.3, -0.25) is 4.40 Å². The van der Waals surface area contributed by atoms with Crippen LogP contribution in [0, 0.1) is 3.70 Å². The van der Waals surface area contributed by atoms with E-state index in [0.717, 1.165) is 15.0 Å². The molecule has 5 heteroatoms. The van der Waals surface area contributed by atoms with Crippen molar-refractivity contribution in [3.8, 4) is 0 Å². The fourth-order valence-corrected chi connectivity index (χ4v) is 1.90. The minimum absolute atomic E-state index is 0.404. The molecule has 0 amide bonds. The second kappa shape index (κ2) is 3.66. The molecule has 0 unspecified atom stereocenters. The lowest BCUT2D eigenvalue weighted by Crippen LogP contribution is -1.91. The van der Waals surface area contributed by atoms with Crippen LogP contribution in [-0.4, -0.2) is 14.4 Å². The van der Waals surface area contributed by atoms with E-state index in [0.29, 0.717) is 11.1 Å². The highest BCUT2D eigenvalue weighted by molar-refractivity contribution is 14.1. The predicted octanol–water partition coefficient (Wildman–Crippen LogP) is 3.11. The van der Waals surface area contributed by atoms with E-state index in [4.69, 9.17) is 11.6 Å². The summed E-state index contributed by atoms with van der Waals surface area (Å²) < 4.78 is 2.98. The van der Waals surface area contributed by atoms with Crippen LogP contribution in [0.2, 0.25) is 5.15 Å². The summed E-state index contributed by atoms with van der Waals surface area (Å²) in [7, 11) is 0. The zero-order valence-corrected chi connectivity index (χ0v) is 10.7. The molecule has 0 radical (unpaired) electrons. The molecule has 0 aliphatic carbocycles. The van der Waals surface area contributed by atoms with Gasteiger partial charge in [0.15, 0.2) is 10.8 Å². The van der Waals surface area contributed by atoms with Gasteiger partial charge in [0.1, 0.15) is 3.70 Å². The summed E-state index contributed by atoms with van der Waals surface area (Å²) >= 11 is 8.16. The summed E-state index contributed by atoms with van der Waals surface area (Å²) in [5, 5.41) is 0.456. The molecule has 2 rings (SSSR count). The van der Waals surface area contributed by atoms with Crippen LogP contribution in [-0.2, 0) is 0 Å². The van der Waals surface area contributed by atoms with Crippen molar-refractivity contribution in [1.29, 1.82) is 0 Å². The van der Waals surface area contributed by atoms with Crippen LogP contribution in [0.25, 0.3) is 5.65 Å². The monoisotopic (exact) mass is 321 g/mol. The average molecular weight is 322 g/mol. The maximum absolute atomic E-state index is 5.95. The van der Waals surface area contributed by atoms with E-state index in [-0.39, 0.29) is 0 Å².